The number of aromatic nitrogens is 1. The van der Waals surface area contributed by atoms with Crippen LogP contribution < -0.4 is 0 Å². The second kappa shape index (κ2) is 7.79. The Bertz CT molecular complexity index is 1180. The van der Waals surface area contributed by atoms with Crippen molar-refractivity contribution < 1.29 is 4.79 Å². The SMILES string of the molecule is Cc1nc2cc(Cl)ccc2c(-c2ccccc2)c1C(=O)C=Cc1ccccc1. The molecular formula is C25H18ClNO. The molecular weight excluding hydrogens is 366 g/mol. The Balaban J connectivity index is 1.92. The number of nitrogens with zero attached hydrogens (tertiary/aromatic N) is 1. The lowest BCUT2D eigenvalue weighted by molar-refractivity contribution is 0.104. The standard InChI is InChI=1S/C25H18ClNO/c1-17-24(23(28)15-12-18-8-4-2-5-9-18)25(19-10-6-3-7-11-19)21-14-13-20(26)16-22(21)27-17/h2-16H,1H3. The van der Waals surface area contributed by atoms with Crippen molar-refractivity contribution in [2.45, 2.75) is 6.92 Å². The first-order valence-corrected chi connectivity index (χ1v) is 9.44. The fourth-order valence-corrected chi connectivity index (χ4v) is 3.55. The van der Waals surface area contributed by atoms with Crippen LogP contribution in [0.1, 0.15) is 21.6 Å². The highest BCUT2D eigenvalue weighted by molar-refractivity contribution is 6.31. The van der Waals surface area contributed by atoms with Crippen LogP contribution >= 0.6 is 11.6 Å². The van der Waals surface area contributed by atoms with Crippen LogP contribution in [0.25, 0.3) is 28.1 Å². The van der Waals surface area contributed by atoms with Crippen LogP contribution in [0.2, 0.25) is 5.02 Å². The van der Waals surface area contributed by atoms with Gasteiger partial charge in [-0.25, -0.2) is 0 Å². The highest BCUT2D eigenvalue weighted by atomic mass is 35.5. The lowest BCUT2D eigenvalue weighted by Crippen LogP contribution is -2.05. The molecule has 3 heteroatoms. The second-order valence-electron chi connectivity index (χ2n) is 6.58. The summed E-state index contributed by atoms with van der Waals surface area (Å²) in [5.74, 6) is -0.0652. The van der Waals surface area contributed by atoms with E-state index in [9.17, 15) is 4.79 Å². The maximum absolute atomic E-state index is 13.2. The molecule has 136 valence electrons. The van der Waals surface area contributed by atoms with E-state index in [0.29, 0.717) is 16.3 Å². The predicted octanol–water partition coefficient (Wildman–Crippen LogP) is 6.76. The van der Waals surface area contributed by atoms with Gasteiger partial charge in [0, 0.05) is 21.7 Å². The van der Waals surface area contributed by atoms with Gasteiger partial charge in [-0.15, -0.1) is 0 Å². The summed E-state index contributed by atoms with van der Waals surface area (Å²) >= 11 is 6.17. The van der Waals surface area contributed by atoms with Crippen LogP contribution in [0.3, 0.4) is 0 Å². The number of pyridine rings is 1. The van der Waals surface area contributed by atoms with Gasteiger partial charge in [0.2, 0.25) is 0 Å². The molecule has 1 heterocycles. The van der Waals surface area contributed by atoms with E-state index >= 15 is 0 Å². The first-order valence-electron chi connectivity index (χ1n) is 9.06. The summed E-state index contributed by atoms with van der Waals surface area (Å²) in [6.45, 7) is 1.87. The summed E-state index contributed by atoms with van der Waals surface area (Å²) in [5, 5.41) is 1.54. The van der Waals surface area contributed by atoms with E-state index in [0.717, 1.165) is 27.6 Å². The Kier molecular flexibility index (Phi) is 5.05. The zero-order valence-corrected chi connectivity index (χ0v) is 16.1. The first-order chi connectivity index (χ1) is 13.6. The molecule has 0 spiro atoms. The number of allylic oxidation sites excluding steroid dienone is 1. The third-order valence-corrected chi connectivity index (χ3v) is 4.90. The van der Waals surface area contributed by atoms with Crippen molar-refractivity contribution in [3.63, 3.8) is 0 Å². The molecule has 0 bridgehead atoms. The van der Waals surface area contributed by atoms with Crippen molar-refractivity contribution in [3.05, 3.63) is 107 Å². The van der Waals surface area contributed by atoms with Gasteiger partial charge in [0.1, 0.15) is 0 Å². The van der Waals surface area contributed by atoms with Gasteiger partial charge in [0.05, 0.1) is 11.1 Å². The lowest BCUT2D eigenvalue weighted by atomic mass is 9.92. The van der Waals surface area contributed by atoms with Crippen molar-refractivity contribution in [1.82, 2.24) is 4.98 Å². The minimum Gasteiger partial charge on any atom is -0.289 e. The third-order valence-electron chi connectivity index (χ3n) is 4.66. The Morgan fingerprint density at radius 1 is 0.929 bits per heavy atom. The fraction of sp³-hybridized carbons (Fsp3) is 0.0400. The van der Waals surface area contributed by atoms with E-state index in [1.165, 1.54) is 0 Å². The number of hydrogen-bond donors (Lipinski definition) is 0. The molecule has 0 amide bonds. The molecule has 0 fully saturated rings. The normalized spacial score (nSPS) is 11.2. The Morgan fingerprint density at radius 3 is 2.32 bits per heavy atom. The fourth-order valence-electron chi connectivity index (χ4n) is 3.39. The van der Waals surface area contributed by atoms with Gasteiger partial charge in [-0.05, 0) is 36.3 Å². The topological polar surface area (TPSA) is 30.0 Å². The summed E-state index contributed by atoms with van der Waals surface area (Å²) in [4.78, 5) is 17.9. The monoisotopic (exact) mass is 383 g/mol. The number of hydrogen-bond acceptors (Lipinski definition) is 2. The van der Waals surface area contributed by atoms with Gasteiger partial charge in [0.15, 0.2) is 5.78 Å². The molecule has 0 atom stereocenters. The zero-order valence-electron chi connectivity index (χ0n) is 15.4. The molecule has 0 radical (unpaired) electrons. The van der Waals surface area contributed by atoms with E-state index in [-0.39, 0.29) is 5.78 Å². The third kappa shape index (κ3) is 3.60. The van der Waals surface area contributed by atoms with Crippen LogP contribution in [-0.2, 0) is 0 Å². The van der Waals surface area contributed by atoms with E-state index in [1.807, 2.05) is 91.9 Å². The molecule has 2 nitrogen and oxygen atoms in total. The summed E-state index contributed by atoms with van der Waals surface area (Å²) in [6.07, 6.45) is 3.45. The number of aryl methyl sites for hydroxylation is 1. The van der Waals surface area contributed by atoms with E-state index in [4.69, 9.17) is 11.6 Å². The zero-order chi connectivity index (χ0) is 19.5. The number of benzene rings is 3. The smallest absolute Gasteiger partial charge is 0.188 e. The Morgan fingerprint density at radius 2 is 1.61 bits per heavy atom. The summed E-state index contributed by atoms with van der Waals surface area (Å²) in [5.41, 5.74) is 4.95. The summed E-state index contributed by atoms with van der Waals surface area (Å²) < 4.78 is 0. The van der Waals surface area contributed by atoms with Crippen molar-refractivity contribution in [2.75, 3.05) is 0 Å². The minimum absolute atomic E-state index is 0.0652. The van der Waals surface area contributed by atoms with Gasteiger partial charge < -0.3 is 0 Å². The van der Waals surface area contributed by atoms with Gasteiger partial charge in [0.25, 0.3) is 0 Å². The van der Waals surface area contributed by atoms with Crippen molar-refractivity contribution in [2.24, 2.45) is 0 Å². The van der Waals surface area contributed by atoms with Crippen LogP contribution in [-0.4, -0.2) is 10.8 Å². The Hall–Kier alpha value is -3.23. The van der Waals surface area contributed by atoms with Gasteiger partial charge in [-0.2, -0.15) is 0 Å². The summed E-state index contributed by atoms with van der Waals surface area (Å²) in [6, 6.07) is 25.3. The molecule has 0 N–H and O–H groups in total. The van der Waals surface area contributed by atoms with E-state index in [2.05, 4.69) is 4.98 Å². The van der Waals surface area contributed by atoms with Gasteiger partial charge in [-0.1, -0.05) is 84.4 Å². The molecule has 4 rings (SSSR count). The van der Waals surface area contributed by atoms with Crippen molar-refractivity contribution >= 4 is 34.4 Å². The molecule has 0 saturated heterocycles. The number of halogens is 1. The van der Waals surface area contributed by atoms with E-state index < -0.39 is 0 Å². The molecule has 3 aromatic carbocycles. The number of fused-ring (bicyclic) bond motifs is 1. The molecule has 0 unspecified atom stereocenters. The molecule has 1 aromatic heterocycles. The molecule has 0 saturated carbocycles. The largest absolute Gasteiger partial charge is 0.289 e. The van der Waals surface area contributed by atoms with Gasteiger partial charge in [-0.3, -0.25) is 9.78 Å². The van der Waals surface area contributed by atoms with Crippen LogP contribution in [0.15, 0.2) is 84.9 Å². The van der Waals surface area contributed by atoms with Gasteiger partial charge >= 0.3 is 0 Å². The quantitative estimate of drug-likeness (QED) is 0.288. The Labute approximate surface area is 169 Å². The van der Waals surface area contributed by atoms with Crippen LogP contribution in [0, 0.1) is 6.92 Å². The van der Waals surface area contributed by atoms with Crippen LogP contribution in [0.5, 0.6) is 0 Å². The lowest BCUT2D eigenvalue weighted by Gasteiger charge is -2.14. The average Bonchev–Trinajstić information content (AvgIpc) is 2.72. The number of rotatable bonds is 4. The summed E-state index contributed by atoms with van der Waals surface area (Å²) in [7, 11) is 0. The maximum Gasteiger partial charge on any atom is 0.188 e. The maximum atomic E-state index is 13.2. The molecule has 0 aliphatic heterocycles. The molecule has 4 aromatic rings. The number of carbonyl (C=O) groups is 1. The molecule has 0 aliphatic rings. The first kappa shape index (κ1) is 18.1. The van der Waals surface area contributed by atoms with Crippen LogP contribution in [0.4, 0.5) is 0 Å². The van der Waals surface area contributed by atoms with Crippen molar-refractivity contribution in [1.29, 1.82) is 0 Å². The number of ketones is 1. The molecule has 28 heavy (non-hydrogen) atoms. The second-order valence-corrected chi connectivity index (χ2v) is 7.02. The molecule has 0 aliphatic carbocycles. The highest BCUT2D eigenvalue weighted by Gasteiger charge is 2.19. The highest BCUT2D eigenvalue weighted by Crippen LogP contribution is 2.34. The predicted molar refractivity (Wildman–Crippen MR) is 117 cm³/mol. The van der Waals surface area contributed by atoms with E-state index in [1.54, 1.807) is 6.08 Å². The number of carbonyl (C=O) groups excluding carboxylic acids is 1. The average molecular weight is 384 g/mol. The van der Waals surface area contributed by atoms with Crippen molar-refractivity contribution in [3.8, 4) is 11.1 Å². The minimum atomic E-state index is -0.0652.